The molecule has 0 bridgehead atoms. The molecule has 0 saturated carbocycles. The maximum Gasteiger partial charge on any atom is 0.305 e. The highest BCUT2D eigenvalue weighted by molar-refractivity contribution is 9.10. The van der Waals surface area contributed by atoms with Gasteiger partial charge in [0.2, 0.25) is 0 Å². The molecule has 2 atom stereocenters. The van der Waals surface area contributed by atoms with Crippen LogP contribution in [0.4, 0.5) is 5.69 Å². The summed E-state index contributed by atoms with van der Waals surface area (Å²) in [6, 6.07) is 8.42. The second-order valence-corrected chi connectivity index (χ2v) is 6.00. The molecule has 4 nitrogen and oxygen atoms in total. The van der Waals surface area contributed by atoms with Gasteiger partial charge in [0.05, 0.1) is 18.2 Å². The number of carboxylic acids is 1. The zero-order valence-corrected chi connectivity index (χ0v) is 12.8. The van der Waals surface area contributed by atoms with Crippen LogP contribution in [0, 0.1) is 0 Å². The van der Waals surface area contributed by atoms with Gasteiger partial charge in [0, 0.05) is 23.6 Å². The number of halogens is 1. The van der Waals surface area contributed by atoms with Crippen LogP contribution in [0.5, 0.6) is 0 Å². The molecule has 2 rings (SSSR count). The predicted octanol–water partition coefficient (Wildman–Crippen LogP) is 2.43. The molecule has 0 aromatic heterocycles. The zero-order valence-electron chi connectivity index (χ0n) is 11.2. The van der Waals surface area contributed by atoms with Crippen LogP contribution in [0.15, 0.2) is 28.7 Å². The highest BCUT2D eigenvalue weighted by Gasteiger charge is 2.31. The molecule has 2 unspecified atom stereocenters. The van der Waals surface area contributed by atoms with Gasteiger partial charge in [-0.05, 0) is 42.0 Å². The summed E-state index contributed by atoms with van der Waals surface area (Å²) in [5.41, 5.74) is 1.08. The average Bonchev–Trinajstić information content (AvgIpc) is 2.34. The van der Waals surface area contributed by atoms with E-state index in [9.17, 15) is 4.79 Å². The van der Waals surface area contributed by atoms with Gasteiger partial charge in [-0.15, -0.1) is 0 Å². The number of carbonyl (C=O) groups is 1. The first-order chi connectivity index (χ1) is 8.99. The lowest BCUT2D eigenvalue weighted by Crippen LogP contribution is -2.56. The highest BCUT2D eigenvalue weighted by Crippen LogP contribution is 2.30. The van der Waals surface area contributed by atoms with Crippen molar-refractivity contribution in [2.45, 2.75) is 25.4 Å². The zero-order chi connectivity index (χ0) is 14.0. The molecule has 19 heavy (non-hydrogen) atoms. The Hall–Kier alpha value is -1.07. The summed E-state index contributed by atoms with van der Waals surface area (Å²) in [7, 11) is 2.05. The molecule has 0 amide bonds. The summed E-state index contributed by atoms with van der Waals surface area (Å²) in [4.78, 5) is 15.5. The number of piperazine rings is 1. The van der Waals surface area contributed by atoms with Gasteiger partial charge >= 0.3 is 5.97 Å². The van der Waals surface area contributed by atoms with Crippen LogP contribution >= 0.6 is 15.9 Å². The molecular weight excluding hydrogens is 308 g/mol. The monoisotopic (exact) mass is 326 g/mol. The Labute approximate surface area is 122 Å². The molecule has 104 valence electrons. The van der Waals surface area contributed by atoms with Crippen LogP contribution in [0.25, 0.3) is 0 Å². The van der Waals surface area contributed by atoms with E-state index in [2.05, 4.69) is 39.7 Å². The Balaban J connectivity index is 2.28. The van der Waals surface area contributed by atoms with Crippen LogP contribution in [-0.2, 0) is 4.79 Å². The standard InChI is InChI=1S/C14H19BrN2O2/c1-10-8-17(13-6-4-3-5-12(13)15)11(7-14(18)19)9-16(10)2/h3-6,10-11H,7-9H2,1-2H3,(H,18,19). The minimum Gasteiger partial charge on any atom is -0.481 e. The number of likely N-dealkylation sites (N-methyl/N-ethyl adjacent to an activating group) is 1. The van der Waals surface area contributed by atoms with Crippen molar-refractivity contribution >= 4 is 27.6 Å². The van der Waals surface area contributed by atoms with Gasteiger partial charge < -0.3 is 10.0 Å². The number of carboxylic acid groups (broad SMARTS) is 1. The Bertz CT molecular complexity index is 467. The molecule has 0 aliphatic carbocycles. The number of nitrogens with zero attached hydrogens (tertiary/aromatic N) is 2. The summed E-state index contributed by atoms with van der Waals surface area (Å²) in [5.74, 6) is -0.745. The van der Waals surface area contributed by atoms with Gasteiger partial charge in [-0.3, -0.25) is 9.69 Å². The van der Waals surface area contributed by atoms with E-state index in [4.69, 9.17) is 5.11 Å². The van der Waals surface area contributed by atoms with Crippen LogP contribution in [0.1, 0.15) is 13.3 Å². The van der Waals surface area contributed by atoms with Crippen molar-refractivity contribution in [2.24, 2.45) is 0 Å². The van der Waals surface area contributed by atoms with E-state index in [1.165, 1.54) is 0 Å². The normalized spacial score (nSPS) is 24.5. The minimum atomic E-state index is -0.745. The summed E-state index contributed by atoms with van der Waals surface area (Å²) in [5, 5.41) is 9.09. The van der Waals surface area contributed by atoms with Gasteiger partial charge in [0.25, 0.3) is 0 Å². The number of hydrogen-bond donors (Lipinski definition) is 1. The third-order valence-corrected chi connectivity index (χ3v) is 4.40. The second-order valence-electron chi connectivity index (χ2n) is 5.14. The molecule has 1 saturated heterocycles. The van der Waals surface area contributed by atoms with E-state index in [1.807, 2.05) is 24.3 Å². The van der Waals surface area contributed by atoms with E-state index < -0.39 is 5.97 Å². The molecule has 0 spiro atoms. The van der Waals surface area contributed by atoms with Crippen molar-refractivity contribution in [1.82, 2.24) is 4.90 Å². The lowest BCUT2D eigenvalue weighted by molar-refractivity contribution is -0.137. The van der Waals surface area contributed by atoms with E-state index in [1.54, 1.807) is 0 Å². The SMILES string of the molecule is CC1CN(c2ccccc2Br)C(CC(=O)O)CN1C. The number of anilines is 1. The first-order valence-corrected chi connectivity index (χ1v) is 7.21. The van der Waals surface area contributed by atoms with Gasteiger partial charge in [-0.25, -0.2) is 0 Å². The lowest BCUT2D eigenvalue weighted by Gasteiger charge is -2.45. The minimum absolute atomic E-state index is 0.0115. The number of benzene rings is 1. The molecule has 1 fully saturated rings. The fourth-order valence-corrected chi connectivity index (χ4v) is 3.05. The molecule has 1 N–H and O–H groups in total. The van der Waals surface area contributed by atoms with Crippen LogP contribution in [0.2, 0.25) is 0 Å². The Morgan fingerprint density at radius 2 is 2.11 bits per heavy atom. The van der Waals surface area contributed by atoms with Gasteiger partial charge in [-0.1, -0.05) is 12.1 Å². The summed E-state index contributed by atoms with van der Waals surface area (Å²) >= 11 is 3.56. The van der Waals surface area contributed by atoms with Crippen molar-refractivity contribution in [1.29, 1.82) is 0 Å². The lowest BCUT2D eigenvalue weighted by atomic mass is 10.0. The van der Waals surface area contributed by atoms with Gasteiger partial charge in [0.1, 0.15) is 0 Å². The predicted molar refractivity (Wildman–Crippen MR) is 79.6 cm³/mol. The molecule has 1 aliphatic rings. The number of aliphatic carboxylic acids is 1. The van der Waals surface area contributed by atoms with E-state index in [-0.39, 0.29) is 12.5 Å². The maximum atomic E-state index is 11.1. The Morgan fingerprint density at radius 3 is 2.74 bits per heavy atom. The fraction of sp³-hybridized carbons (Fsp3) is 0.500. The summed E-state index contributed by atoms with van der Waals surface area (Å²) in [6.45, 7) is 3.78. The highest BCUT2D eigenvalue weighted by atomic mass is 79.9. The van der Waals surface area contributed by atoms with Crippen molar-refractivity contribution in [3.05, 3.63) is 28.7 Å². The van der Waals surface area contributed by atoms with Crippen LogP contribution in [0.3, 0.4) is 0 Å². The number of para-hydroxylation sites is 1. The van der Waals surface area contributed by atoms with E-state index >= 15 is 0 Å². The van der Waals surface area contributed by atoms with E-state index in [0.717, 1.165) is 23.2 Å². The molecule has 1 aromatic rings. The van der Waals surface area contributed by atoms with Crippen LogP contribution < -0.4 is 4.90 Å². The van der Waals surface area contributed by atoms with Crippen molar-refractivity contribution in [3.8, 4) is 0 Å². The van der Waals surface area contributed by atoms with Crippen molar-refractivity contribution in [2.75, 3.05) is 25.0 Å². The topological polar surface area (TPSA) is 43.8 Å². The Morgan fingerprint density at radius 1 is 1.42 bits per heavy atom. The molecule has 1 aliphatic heterocycles. The van der Waals surface area contributed by atoms with Crippen molar-refractivity contribution in [3.63, 3.8) is 0 Å². The second kappa shape index (κ2) is 5.92. The number of hydrogen-bond acceptors (Lipinski definition) is 3. The van der Waals surface area contributed by atoms with E-state index in [0.29, 0.717) is 6.04 Å². The molecule has 0 radical (unpaired) electrons. The third-order valence-electron chi connectivity index (χ3n) is 3.72. The summed E-state index contributed by atoms with van der Waals surface area (Å²) in [6.07, 6.45) is 0.165. The quantitative estimate of drug-likeness (QED) is 0.926. The third kappa shape index (κ3) is 3.28. The largest absolute Gasteiger partial charge is 0.481 e. The number of rotatable bonds is 3. The van der Waals surface area contributed by atoms with Gasteiger partial charge in [-0.2, -0.15) is 0 Å². The molecular formula is C14H19BrN2O2. The average molecular weight is 327 g/mol. The first kappa shape index (κ1) is 14.3. The molecule has 1 heterocycles. The first-order valence-electron chi connectivity index (χ1n) is 6.42. The Kier molecular flexibility index (Phi) is 4.47. The molecule has 5 heteroatoms. The van der Waals surface area contributed by atoms with Crippen molar-refractivity contribution < 1.29 is 9.90 Å². The summed E-state index contributed by atoms with van der Waals surface area (Å²) < 4.78 is 1.02. The smallest absolute Gasteiger partial charge is 0.305 e. The maximum absolute atomic E-state index is 11.1. The molecule has 1 aromatic carbocycles. The van der Waals surface area contributed by atoms with Crippen LogP contribution in [-0.4, -0.2) is 48.2 Å². The fourth-order valence-electron chi connectivity index (χ4n) is 2.54. The van der Waals surface area contributed by atoms with Gasteiger partial charge in [0.15, 0.2) is 0 Å².